The summed E-state index contributed by atoms with van der Waals surface area (Å²) < 4.78 is 0. The highest BCUT2D eigenvalue weighted by atomic mass is 16.3. The van der Waals surface area contributed by atoms with E-state index in [0.29, 0.717) is 11.5 Å². The maximum atomic E-state index is 11.9. The lowest BCUT2D eigenvalue weighted by molar-refractivity contribution is -0.113. The van der Waals surface area contributed by atoms with E-state index in [9.17, 15) is 9.90 Å². The third-order valence-corrected chi connectivity index (χ3v) is 2.50. The van der Waals surface area contributed by atoms with Gasteiger partial charge in [-0.2, -0.15) is 0 Å². The second-order valence-electron chi connectivity index (χ2n) is 3.85. The van der Waals surface area contributed by atoms with Gasteiger partial charge in [0.05, 0.1) is 5.69 Å². The van der Waals surface area contributed by atoms with Gasteiger partial charge in [0.2, 0.25) is 0 Å². The van der Waals surface area contributed by atoms with Crippen molar-refractivity contribution in [1.29, 1.82) is 0 Å². The summed E-state index contributed by atoms with van der Waals surface area (Å²) in [5, 5.41) is 12.5. The normalized spacial score (nSPS) is 11.6. The molecule has 0 aliphatic rings. The predicted molar refractivity (Wildman–Crippen MR) is 71.2 cm³/mol. The number of aliphatic hydroxyl groups excluding tert-OH is 1. The number of aromatic nitrogens is 2. The van der Waals surface area contributed by atoms with E-state index in [-0.39, 0.29) is 5.57 Å². The number of amides is 1. The molecular weight excluding hydrogens is 242 g/mol. The first-order valence-electron chi connectivity index (χ1n) is 5.68. The van der Waals surface area contributed by atoms with Gasteiger partial charge in [-0.15, -0.1) is 0 Å². The zero-order valence-electron chi connectivity index (χ0n) is 10.2. The van der Waals surface area contributed by atoms with Gasteiger partial charge in [0.1, 0.15) is 11.9 Å². The molecule has 0 radical (unpaired) electrons. The number of nitrogens with one attached hydrogen (secondary N) is 1. The lowest BCUT2D eigenvalue weighted by Gasteiger charge is -2.12. The van der Waals surface area contributed by atoms with Gasteiger partial charge in [0.25, 0.3) is 5.91 Å². The van der Waals surface area contributed by atoms with Crippen LogP contribution in [-0.4, -0.2) is 21.0 Å². The summed E-state index contributed by atoms with van der Waals surface area (Å²) in [6.07, 6.45) is 1.97. The summed E-state index contributed by atoms with van der Waals surface area (Å²) in [6, 6.07) is 10.2. The van der Waals surface area contributed by atoms with Crippen LogP contribution in [0.15, 0.2) is 60.9 Å². The first-order chi connectivity index (χ1) is 9.18. The van der Waals surface area contributed by atoms with Crippen LogP contribution in [0.3, 0.4) is 0 Å². The first kappa shape index (κ1) is 12.9. The molecule has 2 aromatic rings. The molecule has 96 valence electrons. The van der Waals surface area contributed by atoms with Gasteiger partial charge in [-0.05, 0) is 24.3 Å². The molecule has 19 heavy (non-hydrogen) atoms. The van der Waals surface area contributed by atoms with E-state index >= 15 is 0 Å². The van der Waals surface area contributed by atoms with Crippen molar-refractivity contribution in [1.82, 2.24) is 9.97 Å². The van der Waals surface area contributed by atoms with Crippen LogP contribution >= 0.6 is 0 Å². The second kappa shape index (κ2) is 5.88. The molecule has 1 atom stereocenters. The summed E-state index contributed by atoms with van der Waals surface area (Å²) in [6.45, 7) is 3.60. The second-order valence-corrected chi connectivity index (χ2v) is 3.85. The number of rotatable bonds is 4. The molecule has 2 rings (SSSR count). The molecule has 5 heteroatoms. The van der Waals surface area contributed by atoms with Crippen LogP contribution in [0.1, 0.15) is 11.8 Å². The molecule has 1 unspecified atom stereocenters. The predicted octanol–water partition coefficient (Wildman–Crippen LogP) is 1.70. The smallest absolute Gasteiger partial charge is 0.255 e. The van der Waals surface area contributed by atoms with Crippen LogP contribution in [0.5, 0.6) is 0 Å². The minimum absolute atomic E-state index is 0.0179. The molecule has 2 heterocycles. The number of aliphatic hydroxyl groups is 1. The third kappa shape index (κ3) is 3.23. The number of nitrogens with zero attached hydrogens (tertiary/aromatic N) is 2. The van der Waals surface area contributed by atoms with Crippen LogP contribution in [0, 0.1) is 0 Å². The minimum atomic E-state index is -1.13. The Labute approximate surface area is 110 Å². The first-order valence-corrected chi connectivity index (χ1v) is 5.68. The Morgan fingerprint density at radius 1 is 1.16 bits per heavy atom. The summed E-state index contributed by atoms with van der Waals surface area (Å²) in [4.78, 5) is 19.8. The van der Waals surface area contributed by atoms with Gasteiger partial charge in [0.15, 0.2) is 0 Å². The average Bonchev–Trinajstić information content (AvgIpc) is 2.47. The Kier molecular flexibility index (Phi) is 4.00. The maximum Gasteiger partial charge on any atom is 0.255 e. The molecule has 0 bridgehead atoms. The highest BCUT2D eigenvalue weighted by molar-refractivity contribution is 6.03. The van der Waals surface area contributed by atoms with Gasteiger partial charge < -0.3 is 10.4 Å². The Hall–Kier alpha value is -2.53. The van der Waals surface area contributed by atoms with Crippen LogP contribution < -0.4 is 5.32 Å². The molecule has 0 aromatic carbocycles. The van der Waals surface area contributed by atoms with Crippen molar-refractivity contribution in [2.45, 2.75) is 6.10 Å². The van der Waals surface area contributed by atoms with Gasteiger partial charge in [-0.1, -0.05) is 18.7 Å². The molecule has 0 fully saturated rings. The summed E-state index contributed by atoms with van der Waals surface area (Å²) in [5.41, 5.74) is 0.396. The zero-order valence-corrected chi connectivity index (χ0v) is 10.2. The molecule has 0 aliphatic heterocycles. The third-order valence-electron chi connectivity index (χ3n) is 2.50. The summed E-state index contributed by atoms with van der Waals surface area (Å²) in [5.74, 6) is -0.0845. The van der Waals surface area contributed by atoms with E-state index in [2.05, 4.69) is 21.9 Å². The lowest BCUT2D eigenvalue weighted by atomic mass is 10.1. The molecule has 5 nitrogen and oxygen atoms in total. The molecule has 0 aliphatic carbocycles. The van der Waals surface area contributed by atoms with Crippen LogP contribution in [-0.2, 0) is 4.79 Å². The van der Waals surface area contributed by atoms with Crippen molar-refractivity contribution in [3.8, 4) is 0 Å². The van der Waals surface area contributed by atoms with Gasteiger partial charge in [-0.3, -0.25) is 9.78 Å². The lowest BCUT2D eigenvalue weighted by Crippen LogP contribution is -2.19. The molecule has 2 aromatic heterocycles. The molecule has 0 spiro atoms. The minimum Gasteiger partial charge on any atom is -0.382 e. The number of hydrogen-bond acceptors (Lipinski definition) is 4. The Morgan fingerprint density at radius 2 is 1.84 bits per heavy atom. The highest BCUT2D eigenvalue weighted by Gasteiger charge is 2.19. The van der Waals surface area contributed by atoms with E-state index in [1.165, 1.54) is 0 Å². The summed E-state index contributed by atoms with van der Waals surface area (Å²) >= 11 is 0. The number of carbonyl (C=O) groups is 1. The standard InChI is InChI=1S/C14H13N3O2/c1-10(13(18)11-6-2-4-8-15-11)14(19)17-12-7-3-5-9-16-12/h2-9,13,18H,1H2,(H,16,17,19). The fourth-order valence-corrected chi connectivity index (χ4v) is 1.47. The number of carbonyl (C=O) groups excluding carboxylic acids is 1. The van der Waals surface area contributed by atoms with Crippen LogP contribution in [0.4, 0.5) is 5.82 Å². The van der Waals surface area contributed by atoms with Crippen LogP contribution in [0.2, 0.25) is 0 Å². The Morgan fingerprint density at radius 3 is 2.42 bits per heavy atom. The quantitative estimate of drug-likeness (QED) is 0.815. The average molecular weight is 255 g/mol. The van der Waals surface area contributed by atoms with Crippen molar-refractivity contribution >= 4 is 11.7 Å². The highest BCUT2D eigenvalue weighted by Crippen LogP contribution is 2.18. The number of anilines is 1. The summed E-state index contributed by atoms with van der Waals surface area (Å²) in [7, 11) is 0. The van der Waals surface area contributed by atoms with Crippen molar-refractivity contribution in [3.05, 3.63) is 66.6 Å². The fourth-order valence-electron chi connectivity index (χ4n) is 1.47. The van der Waals surface area contributed by atoms with Gasteiger partial charge in [-0.25, -0.2) is 4.98 Å². The SMILES string of the molecule is C=C(C(=O)Nc1ccccn1)C(O)c1ccccn1. The molecule has 0 saturated heterocycles. The van der Waals surface area contributed by atoms with Crippen molar-refractivity contribution in [3.63, 3.8) is 0 Å². The molecular formula is C14H13N3O2. The van der Waals surface area contributed by atoms with Crippen molar-refractivity contribution in [2.75, 3.05) is 5.32 Å². The number of pyridine rings is 2. The zero-order chi connectivity index (χ0) is 13.7. The number of hydrogen-bond donors (Lipinski definition) is 2. The topological polar surface area (TPSA) is 75.1 Å². The molecule has 0 saturated carbocycles. The monoisotopic (exact) mass is 255 g/mol. The van der Waals surface area contributed by atoms with Crippen molar-refractivity contribution in [2.24, 2.45) is 0 Å². The largest absolute Gasteiger partial charge is 0.382 e. The van der Waals surface area contributed by atoms with E-state index < -0.39 is 12.0 Å². The van der Waals surface area contributed by atoms with Crippen LogP contribution in [0.25, 0.3) is 0 Å². The van der Waals surface area contributed by atoms with Gasteiger partial charge >= 0.3 is 0 Å². The van der Waals surface area contributed by atoms with E-state index in [4.69, 9.17) is 0 Å². The Balaban J connectivity index is 2.06. The van der Waals surface area contributed by atoms with Gasteiger partial charge in [0, 0.05) is 18.0 Å². The van der Waals surface area contributed by atoms with Crippen molar-refractivity contribution < 1.29 is 9.90 Å². The van der Waals surface area contributed by atoms with E-state index in [0.717, 1.165) is 0 Å². The Bertz CT molecular complexity index is 570. The van der Waals surface area contributed by atoms with E-state index in [1.54, 1.807) is 48.8 Å². The molecule has 1 amide bonds. The molecule has 2 N–H and O–H groups in total. The maximum absolute atomic E-state index is 11.9. The fraction of sp³-hybridized carbons (Fsp3) is 0.0714. The van der Waals surface area contributed by atoms with E-state index in [1.807, 2.05) is 0 Å².